The van der Waals surface area contributed by atoms with E-state index in [1.807, 2.05) is 26.0 Å². The van der Waals surface area contributed by atoms with Gasteiger partial charge in [0, 0.05) is 24.4 Å². The van der Waals surface area contributed by atoms with E-state index in [1.54, 1.807) is 6.07 Å². The molecule has 0 aromatic heterocycles. The first-order valence-electron chi connectivity index (χ1n) is 4.99. The van der Waals surface area contributed by atoms with E-state index in [2.05, 4.69) is 10.3 Å². The van der Waals surface area contributed by atoms with Crippen molar-refractivity contribution in [1.82, 2.24) is 0 Å². The topological polar surface area (TPSA) is 40.2 Å². The predicted octanol–water partition coefficient (Wildman–Crippen LogP) is 6.29. The molecule has 0 aliphatic carbocycles. The van der Waals surface area contributed by atoms with Gasteiger partial charge in [0.1, 0.15) is 0 Å². The van der Waals surface area contributed by atoms with Crippen LogP contribution in [0.5, 0.6) is 0 Å². The van der Waals surface area contributed by atoms with Gasteiger partial charge in [0.2, 0.25) is 5.39 Å². The van der Waals surface area contributed by atoms with Crippen molar-refractivity contribution in [2.75, 3.05) is 11.9 Å². The van der Waals surface area contributed by atoms with Crippen LogP contribution in [-0.4, -0.2) is 6.54 Å². The SMILES string of the molecule is CCNc1ccc([N+]#N)cc1C.F[P-](F)(F)(F)(F)F. The quantitative estimate of drug-likeness (QED) is 0.396. The second-order valence-electron chi connectivity index (χ2n) is 3.59. The van der Waals surface area contributed by atoms with Crippen LogP contribution < -0.4 is 5.32 Å². The first-order valence-corrected chi connectivity index (χ1v) is 7.01. The number of nitrogens with zero attached hydrogens (tertiary/aromatic N) is 2. The Morgan fingerprint density at radius 2 is 1.63 bits per heavy atom. The molecule has 1 N–H and O–H groups in total. The molecule has 0 radical (unpaired) electrons. The fraction of sp³-hybridized carbons (Fsp3) is 0.333. The number of aryl methyl sites for hydroxylation is 1. The molecule has 110 valence electrons. The summed E-state index contributed by atoms with van der Waals surface area (Å²) in [6, 6.07) is 5.51. The molecule has 3 nitrogen and oxygen atoms in total. The van der Waals surface area contributed by atoms with Crippen molar-refractivity contribution in [2.45, 2.75) is 13.8 Å². The van der Waals surface area contributed by atoms with Crippen molar-refractivity contribution in [1.29, 1.82) is 5.39 Å². The molecule has 0 bridgehead atoms. The molecule has 0 saturated heterocycles. The molecule has 0 atom stereocenters. The van der Waals surface area contributed by atoms with Crippen LogP contribution >= 0.6 is 7.81 Å². The van der Waals surface area contributed by atoms with Crippen LogP contribution in [-0.2, 0) is 0 Å². The number of diazo groups is 1. The summed E-state index contributed by atoms with van der Waals surface area (Å²) in [7, 11) is -10.7. The van der Waals surface area contributed by atoms with E-state index in [1.165, 1.54) is 0 Å². The van der Waals surface area contributed by atoms with Crippen molar-refractivity contribution in [2.24, 2.45) is 0 Å². The summed E-state index contributed by atoms with van der Waals surface area (Å²) in [5.41, 5.74) is 2.77. The molecule has 0 amide bonds. The molecule has 0 unspecified atom stereocenters. The molecule has 0 saturated carbocycles. The van der Waals surface area contributed by atoms with Gasteiger partial charge in [-0.05, 0) is 25.5 Å². The monoisotopic (exact) mass is 307 g/mol. The zero-order chi connectivity index (χ0) is 15.4. The number of halogens is 6. The maximum absolute atomic E-state index is 10.7. The zero-order valence-corrected chi connectivity index (χ0v) is 10.9. The standard InChI is InChI=1S/C9H12N3.F6P/c1-3-11-9-5-4-8(12-10)6-7(9)2;1-7(2,3,4,5)6/h4-6,11H,3H2,1-2H3;/q+1;-1. The minimum absolute atomic E-state index is 0.592. The van der Waals surface area contributed by atoms with E-state index in [0.717, 1.165) is 17.8 Å². The van der Waals surface area contributed by atoms with Gasteiger partial charge < -0.3 is 5.32 Å². The Balaban J connectivity index is 0.000000399. The predicted molar refractivity (Wildman–Crippen MR) is 63.7 cm³/mol. The van der Waals surface area contributed by atoms with Crippen LogP contribution in [0, 0.1) is 12.3 Å². The third kappa shape index (κ3) is 12.7. The van der Waals surface area contributed by atoms with Gasteiger partial charge in [-0.25, -0.2) is 0 Å². The van der Waals surface area contributed by atoms with Crippen molar-refractivity contribution in [3.8, 4) is 0 Å². The molecular formula is C9H12F6N3P. The Bertz CT molecular complexity index is 479. The molecule has 0 aliphatic heterocycles. The summed E-state index contributed by atoms with van der Waals surface area (Å²) in [4.78, 5) is 3.10. The summed E-state index contributed by atoms with van der Waals surface area (Å²) in [6.07, 6.45) is 0. The van der Waals surface area contributed by atoms with Gasteiger partial charge in [-0.1, -0.05) is 0 Å². The number of rotatable bonds is 2. The van der Waals surface area contributed by atoms with Crippen LogP contribution in [0.25, 0.3) is 4.98 Å². The van der Waals surface area contributed by atoms with Gasteiger partial charge in [-0.2, -0.15) is 0 Å². The van der Waals surface area contributed by atoms with Crippen LogP contribution in [0.4, 0.5) is 36.6 Å². The number of hydrogen-bond donors (Lipinski definition) is 1. The molecule has 0 aliphatic rings. The van der Waals surface area contributed by atoms with E-state index in [9.17, 15) is 25.2 Å². The Kier molecular flexibility index (Phi) is 4.46. The third-order valence-corrected chi connectivity index (χ3v) is 1.69. The van der Waals surface area contributed by atoms with E-state index < -0.39 is 7.81 Å². The maximum atomic E-state index is 9.87. The average molecular weight is 307 g/mol. The van der Waals surface area contributed by atoms with Crippen molar-refractivity contribution < 1.29 is 25.2 Å². The van der Waals surface area contributed by atoms with Gasteiger partial charge in [0.15, 0.2) is 4.98 Å². The Labute approximate surface area is 105 Å². The van der Waals surface area contributed by atoms with Crippen LogP contribution in [0.3, 0.4) is 0 Å². The molecular weight excluding hydrogens is 295 g/mol. The first kappa shape index (κ1) is 17.4. The molecule has 0 heterocycles. The average Bonchev–Trinajstić information content (AvgIpc) is 2.16. The van der Waals surface area contributed by atoms with E-state index in [4.69, 9.17) is 5.39 Å². The number of anilines is 1. The molecule has 0 fully saturated rings. The second kappa shape index (κ2) is 4.85. The van der Waals surface area contributed by atoms with Gasteiger partial charge in [-0.3, -0.25) is 0 Å². The first-order chi connectivity index (χ1) is 8.22. The van der Waals surface area contributed by atoms with Gasteiger partial charge in [-0.15, -0.1) is 0 Å². The number of hydrogen-bond acceptors (Lipinski definition) is 2. The Morgan fingerprint density at radius 1 is 1.16 bits per heavy atom. The second-order valence-corrected chi connectivity index (χ2v) is 5.50. The minimum atomic E-state index is -10.7. The van der Waals surface area contributed by atoms with Crippen molar-refractivity contribution in [3.05, 3.63) is 28.7 Å². The van der Waals surface area contributed by atoms with Crippen molar-refractivity contribution >= 4 is 19.2 Å². The number of nitrogens with one attached hydrogen (secondary N) is 1. The summed E-state index contributed by atoms with van der Waals surface area (Å²) in [5, 5.41) is 11.7. The number of benzene rings is 1. The molecule has 10 heteroatoms. The Hall–Kier alpha value is -1.55. The summed E-state index contributed by atoms with van der Waals surface area (Å²) in [5.74, 6) is 0. The molecule has 0 spiro atoms. The Morgan fingerprint density at radius 3 is 1.95 bits per heavy atom. The van der Waals surface area contributed by atoms with Gasteiger partial charge >= 0.3 is 38.7 Å². The van der Waals surface area contributed by atoms with Crippen LogP contribution in [0.1, 0.15) is 12.5 Å². The third-order valence-electron chi connectivity index (χ3n) is 1.69. The van der Waals surface area contributed by atoms with Crippen LogP contribution in [0.15, 0.2) is 18.2 Å². The summed E-state index contributed by atoms with van der Waals surface area (Å²) in [6.45, 7) is 4.92. The molecule has 1 aromatic carbocycles. The van der Waals surface area contributed by atoms with Crippen molar-refractivity contribution in [3.63, 3.8) is 0 Å². The molecule has 19 heavy (non-hydrogen) atoms. The fourth-order valence-electron chi connectivity index (χ4n) is 1.10. The van der Waals surface area contributed by atoms with E-state index >= 15 is 0 Å². The fourth-order valence-corrected chi connectivity index (χ4v) is 1.10. The normalized spacial score (nSPS) is 14.3. The summed E-state index contributed by atoms with van der Waals surface area (Å²) >= 11 is 0. The van der Waals surface area contributed by atoms with Gasteiger partial charge in [0.05, 0.1) is 0 Å². The summed E-state index contributed by atoms with van der Waals surface area (Å²) < 4.78 is 59.2. The van der Waals surface area contributed by atoms with E-state index in [-0.39, 0.29) is 0 Å². The van der Waals surface area contributed by atoms with Crippen LogP contribution in [0.2, 0.25) is 0 Å². The molecule has 1 rings (SSSR count). The zero-order valence-electron chi connectivity index (χ0n) is 10.0. The van der Waals surface area contributed by atoms with Gasteiger partial charge in [0.25, 0.3) is 0 Å². The van der Waals surface area contributed by atoms with E-state index in [0.29, 0.717) is 5.69 Å². The molecule has 1 aromatic rings.